The molecule has 0 atom stereocenters. The van der Waals surface area contributed by atoms with Crippen molar-refractivity contribution in [2.45, 2.75) is 59.5 Å². The van der Waals surface area contributed by atoms with E-state index >= 15 is 0 Å². The Bertz CT molecular complexity index is 609. The third-order valence-corrected chi connectivity index (χ3v) is 4.83. The normalized spacial score (nSPS) is 13.4. The number of nitrogens with zero attached hydrogens (tertiary/aromatic N) is 2. The number of fused-ring (bicyclic) bond motifs is 1. The molecule has 2 amide bonds. The van der Waals surface area contributed by atoms with E-state index in [1.54, 1.807) is 0 Å². The summed E-state index contributed by atoms with van der Waals surface area (Å²) in [5.41, 5.74) is 2.87. The summed E-state index contributed by atoms with van der Waals surface area (Å²) >= 11 is 0. The summed E-state index contributed by atoms with van der Waals surface area (Å²) in [7, 11) is 0. The van der Waals surface area contributed by atoms with E-state index in [9.17, 15) is 9.59 Å². The highest BCUT2D eigenvalue weighted by molar-refractivity contribution is 5.98. The molecular formula is C21H33N3O2. The molecule has 0 aromatic heterocycles. The van der Waals surface area contributed by atoms with E-state index < -0.39 is 0 Å². The molecule has 5 nitrogen and oxygen atoms in total. The number of rotatable bonds is 11. The topological polar surface area (TPSA) is 52.6 Å². The molecule has 0 saturated heterocycles. The number of nitrogens with one attached hydrogen (secondary N) is 1. The van der Waals surface area contributed by atoms with Crippen LogP contribution in [0.2, 0.25) is 0 Å². The van der Waals surface area contributed by atoms with Gasteiger partial charge in [-0.3, -0.25) is 9.59 Å². The molecule has 1 aliphatic heterocycles. The fourth-order valence-corrected chi connectivity index (χ4v) is 3.53. The number of unbranched alkanes of at least 4 members (excludes halogenated alkanes) is 1. The van der Waals surface area contributed by atoms with Gasteiger partial charge in [0.25, 0.3) is 5.91 Å². The predicted molar refractivity (Wildman–Crippen MR) is 105 cm³/mol. The number of carbonyl (C=O) groups excluding carboxylic acids is 2. The van der Waals surface area contributed by atoms with E-state index in [-0.39, 0.29) is 11.8 Å². The number of amides is 2. The van der Waals surface area contributed by atoms with E-state index in [0.29, 0.717) is 13.1 Å². The van der Waals surface area contributed by atoms with Gasteiger partial charge in [0.2, 0.25) is 5.91 Å². The van der Waals surface area contributed by atoms with Crippen LogP contribution in [0.3, 0.4) is 0 Å². The summed E-state index contributed by atoms with van der Waals surface area (Å²) < 4.78 is 0. The van der Waals surface area contributed by atoms with Crippen molar-refractivity contribution in [1.29, 1.82) is 0 Å². The van der Waals surface area contributed by atoms with Gasteiger partial charge in [-0.25, -0.2) is 0 Å². The van der Waals surface area contributed by atoms with Crippen molar-refractivity contribution in [3.63, 3.8) is 0 Å². The monoisotopic (exact) mass is 359 g/mol. The maximum absolute atomic E-state index is 12.6. The summed E-state index contributed by atoms with van der Waals surface area (Å²) in [6, 6.07) is 5.95. The lowest BCUT2D eigenvalue weighted by atomic mass is 10.1. The van der Waals surface area contributed by atoms with E-state index in [2.05, 4.69) is 24.1 Å². The first-order valence-corrected chi connectivity index (χ1v) is 9.93. The standard InChI is InChI=1S/C21H33N3O2/c1-4-10-23(11-5-2)12-6-7-13-24-16-19-9-8-18(15-22-17(3)25)14-20(19)21(24)26/h8-9,14H,4-7,10-13,15-16H2,1-3H3,(H,22,25). The Kier molecular flexibility index (Phi) is 8.10. The van der Waals surface area contributed by atoms with Crippen molar-refractivity contribution >= 4 is 11.8 Å². The van der Waals surface area contributed by atoms with Gasteiger partial charge in [0.05, 0.1) is 0 Å². The zero-order valence-corrected chi connectivity index (χ0v) is 16.5. The number of benzene rings is 1. The minimum absolute atomic E-state index is 0.0568. The first-order valence-electron chi connectivity index (χ1n) is 9.93. The smallest absolute Gasteiger partial charge is 0.254 e. The molecule has 144 valence electrons. The number of hydrogen-bond donors (Lipinski definition) is 1. The number of carbonyl (C=O) groups is 2. The second-order valence-corrected chi connectivity index (χ2v) is 7.18. The summed E-state index contributed by atoms with van der Waals surface area (Å²) in [6.07, 6.45) is 4.57. The lowest BCUT2D eigenvalue weighted by Crippen LogP contribution is -2.28. The molecule has 0 fully saturated rings. The molecule has 26 heavy (non-hydrogen) atoms. The quantitative estimate of drug-likeness (QED) is 0.618. The third kappa shape index (κ3) is 5.84. The van der Waals surface area contributed by atoms with Crippen LogP contribution in [0.1, 0.15) is 67.9 Å². The van der Waals surface area contributed by atoms with Gasteiger partial charge < -0.3 is 15.1 Å². The van der Waals surface area contributed by atoms with Crippen molar-refractivity contribution in [2.75, 3.05) is 26.2 Å². The van der Waals surface area contributed by atoms with Crippen molar-refractivity contribution in [1.82, 2.24) is 15.1 Å². The SMILES string of the molecule is CCCN(CCC)CCCCN1Cc2ccc(CNC(C)=O)cc2C1=O. The Morgan fingerprint density at radius 3 is 2.54 bits per heavy atom. The molecule has 1 N–H and O–H groups in total. The van der Waals surface area contributed by atoms with E-state index in [1.165, 1.54) is 32.9 Å². The summed E-state index contributed by atoms with van der Waals surface area (Å²) in [5.74, 6) is 0.0716. The van der Waals surface area contributed by atoms with Gasteiger partial charge >= 0.3 is 0 Å². The van der Waals surface area contributed by atoms with Gasteiger partial charge in [-0.05, 0) is 62.5 Å². The van der Waals surface area contributed by atoms with Crippen LogP contribution in [0, 0.1) is 0 Å². The number of hydrogen-bond acceptors (Lipinski definition) is 3. The molecule has 0 saturated carbocycles. The van der Waals surface area contributed by atoms with Crippen LogP contribution in [-0.4, -0.2) is 47.8 Å². The van der Waals surface area contributed by atoms with Crippen molar-refractivity contribution in [3.05, 3.63) is 34.9 Å². The highest BCUT2D eigenvalue weighted by atomic mass is 16.2. The Morgan fingerprint density at radius 1 is 1.15 bits per heavy atom. The Labute approximate surface area is 157 Å². The van der Waals surface area contributed by atoms with Gasteiger partial charge in [-0.1, -0.05) is 26.0 Å². The molecule has 1 aromatic rings. The Hall–Kier alpha value is -1.88. The van der Waals surface area contributed by atoms with Crippen LogP contribution in [0.5, 0.6) is 0 Å². The van der Waals surface area contributed by atoms with Gasteiger partial charge in [-0.15, -0.1) is 0 Å². The Balaban J connectivity index is 1.81. The third-order valence-electron chi connectivity index (χ3n) is 4.83. The largest absolute Gasteiger partial charge is 0.352 e. The molecule has 0 radical (unpaired) electrons. The van der Waals surface area contributed by atoms with Gasteiger partial charge in [0.15, 0.2) is 0 Å². The molecule has 0 aliphatic carbocycles. The summed E-state index contributed by atoms with van der Waals surface area (Å²) in [5, 5.41) is 2.78. The van der Waals surface area contributed by atoms with Gasteiger partial charge in [0, 0.05) is 32.1 Å². The maximum atomic E-state index is 12.6. The van der Waals surface area contributed by atoms with Crippen molar-refractivity contribution in [2.24, 2.45) is 0 Å². The van der Waals surface area contributed by atoms with Gasteiger partial charge in [0.1, 0.15) is 0 Å². The highest BCUT2D eigenvalue weighted by Gasteiger charge is 2.26. The average Bonchev–Trinajstić information content (AvgIpc) is 2.93. The summed E-state index contributed by atoms with van der Waals surface area (Å²) in [6.45, 7) is 11.4. The molecule has 5 heteroatoms. The predicted octanol–water partition coefficient (Wildman–Crippen LogP) is 3.18. The van der Waals surface area contributed by atoms with Crippen LogP contribution >= 0.6 is 0 Å². The van der Waals surface area contributed by atoms with Crippen LogP contribution < -0.4 is 5.32 Å². The minimum Gasteiger partial charge on any atom is -0.352 e. The van der Waals surface area contributed by atoms with Crippen molar-refractivity contribution in [3.8, 4) is 0 Å². The molecule has 0 spiro atoms. The molecule has 0 bridgehead atoms. The highest BCUT2D eigenvalue weighted by Crippen LogP contribution is 2.24. The second-order valence-electron chi connectivity index (χ2n) is 7.18. The first kappa shape index (κ1) is 20.4. The fraction of sp³-hybridized carbons (Fsp3) is 0.619. The zero-order chi connectivity index (χ0) is 18.9. The van der Waals surface area contributed by atoms with E-state index in [1.807, 2.05) is 23.1 Å². The molecule has 0 unspecified atom stereocenters. The van der Waals surface area contributed by atoms with Crippen LogP contribution in [-0.2, 0) is 17.9 Å². The van der Waals surface area contributed by atoms with Crippen molar-refractivity contribution < 1.29 is 9.59 Å². The first-order chi connectivity index (χ1) is 12.5. The van der Waals surface area contributed by atoms with Crippen LogP contribution in [0.4, 0.5) is 0 Å². The lowest BCUT2D eigenvalue weighted by molar-refractivity contribution is -0.119. The molecule has 1 aromatic carbocycles. The minimum atomic E-state index is -0.0568. The molecular weight excluding hydrogens is 326 g/mol. The van der Waals surface area contributed by atoms with E-state index in [4.69, 9.17) is 0 Å². The second kappa shape index (κ2) is 10.3. The zero-order valence-electron chi connectivity index (χ0n) is 16.5. The maximum Gasteiger partial charge on any atom is 0.254 e. The van der Waals surface area contributed by atoms with Crippen LogP contribution in [0.15, 0.2) is 18.2 Å². The van der Waals surface area contributed by atoms with Crippen LogP contribution in [0.25, 0.3) is 0 Å². The molecule has 2 rings (SSSR count). The van der Waals surface area contributed by atoms with E-state index in [0.717, 1.165) is 42.6 Å². The lowest BCUT2D eigenvalue weighted by Gasteiger charge is -2.21. The molecule has 1 aliphatic rings. The average molecular weight is 360 g/mol. The Morgan fingerprint density at radius 2 is 1.88 bits per heavy atom. The molecule has 1 heterocycles. The summed E-state index contributed by atoms with van der Waals surface area (Å²) in [4.78, 5) is 28.2. The fourth-order valence-electron chi connectivity index (χ4n) is 3.53. The van der Waals surface area contributed by atoms with Gasteiger partial charge in [-0.2, -0.15) is 0 Å².